The number of aliphatic hydroxyl groups is 1. The fraction of sp³-hybridized carbons (Fsp3) is 0.500. The zero-order chi connectivity index (χ0) is 9.68. The van der Waals surface area contributed by atoms with Crippen LogP contribution in [0.1, 0.15) is 23.8 Å². The Hall–Kier alpha value is -0.940. The summed E-state index contributed by atoms with van der Waals surface area (Å²) in [6, 6.07) is 0. The minimum atomic E-state index is -0.470. The highest BCUT2D eigenvalue weighted by atomic mass is 32.1. The fourth-order valence-electron chi connectivity index (χ4n) is 0.770. The molecule has 1 aromatic heterocycles. The van der Waals surface area contributed by atoms with Crippen molar-refractivity contribution in [2.75, 3.05) is 6.54 Å². The highest BCUT2D eigenvalue weighted by molar-refractivity contribution is 7.07. The van der Waals surface area contributed by atoms with Gasteiger partial charge in [0.25, 0.3) is 5.91 Å². The summed E-state index contributed by atoms with van der Waals surface area (Å²) < 4.78 is 0. The third kappa shape index (κ3) is 3.12. The van der Waals surface area contributed by atoms with E-state index < -0.39 is 6.10 Å². The molecule has 0 fully saturated rings. The second-order valence-corrected chi connectivity index (χ2v) is 3.36. The molecule has 13 heavy (non-hydrogen) atoms. The first kappa shape index (κ1) is 10.1. The molecule has 1 atom stereocenters. The van der Waals surface area contributed by atoms with Gasteiger partial charge in [-0.2, -0.15) is 0 Å². The number of rotatable bonds is 4. The molecule has 1 rings (SSSR count). The Bertz CT molecular complexity index is 261. The minimum absolute atomic E-state index is 0.228. The van der Waals surface area contributed by atoms with Gasteiger partial charge < -0.3 is 10.4 Å². The molecule has 2 N–H and O–H groups in total. The lowest BCUT2D eigenvalue weighted by Crippen LogP contribution is -2.31. The number of aliphatic hydroxyl groups excluding tert-OH is 1. The zero-order valence-corrected chi connectivity index (χ0v) is 8.17. The predicted molar refractivity (Wildman–Crippen MR) is 50.7 cm³/mol. The third-order valence-electron chi connectivity index (χ3n) is 1.63. The van der Waals surface area contributed by atoms with E-state index in [2.05, 4.69) is 10.3 Å². The molecule has 0 aliphatic rings. The van der Waals surface area contributed by atoms with Gasteiger partial charge in [-0.15, -0.1) is 11.3 Å². The lowest BCUT2D eigenvalue weighted by Gasteiger charge is -2.07. The Labute approximate surface area is 80.6 Å². The van der Waals surface area contributed by atoms with E-state index in [0.717, 1.165) is 0 Å². The molecule has 0 aliphatic heterocycles. The number of carbonyl (C=O) groups is 1. The van der Waals surface area contributed by atoms with E-state index >= 15 is 0 Å². The van der Waals surface area contributed by atoms with E-state index in [9.17, 15) is 9.90 Å². The number of amides is 1. The third-order valence-corrected chi connectivity index (χ3v) is 2.22. The van der Waals surface area contributed by atoms with E-state index in [1.807, 2.05) is 6.92 Å². The zero-order valence-electron chi connectivity index (χ0n) is 7.36. The molecule has 0 radical (unpaired) electrons. The largest absolute Gasteiger partial charge is 0.391 e. The SMILES string of the molecule is CCC(O)CNC(=O)c1cscn1. The van der Waals surface area contributed by atoms with Crippen LogP contribution in [-0.2, 0) is 0 Å². The Kier molecular flexibility index (Phi) is 3.85. The van der Waals surface area contributed by atoms with Crippen molar-refractivity contribution < 1.29 is 9.90 Å². The molecule has 72 valence electrons. The van der Waals surface area contributed by atoms with Gasteiger partial charge in [-0.25, -0.2) is 4.98 Å². The van der Waals surface area contributed by atoms with Gasteiger partial charge in [-0.3, -0.25) is 4.79 Å². The predicted octanol–water partition coefficient (Wildman–Crippen LogP) is 0.644. The van der Waals surface area contributed by atoms with Crippen molar-refractivity contribution >= 4 is 17.2 Å². The van der Waals surface area contributed by atoms with Crippen LogP contribution in [0.3, 0.4) is 0 Å². The van der Waals surface area contributed by atoms with Gasteiger partial charge in [0.05, 0.1) is 11.6 Å². The van der Waals surface area contributed by atoms with E-state index in [1.54, 1.807) is 10.9 Å². The maximum absolute atomic E-state index is 11.2. The van der Waals surface area contributed by atoms with Crippen LogP contribution in [0.4, 0.5) is 0 Å². The summed E-state index contributed by atoms with van der Waals surface area (Å²) in [5, 5.41) is 13.4. The number of nitrogens with one attached hydrogen (secondary N) is 1. The summed E-state index contributed by atoms with van der Waals surface area (Å²) in [5.41, 5.74) is 2.01. The molecule has 1 amide bonds. The maximum atomic E-state index is 11.2. The number of nitrogens with zero attached hydrogens (tertiary/aromatic N) is 1. The van der Waals surface area contributed by atoms with Crippen LogP contribution < -0.4 is 5.32 Å². The molecule has 0 aliphatic carbocycles. The molecule has 1 heterocycles. The lowest BCUT2D eigenvalue weighted by molar-refractivity contribution is 0.0909. The fourth-order valence-corrected chi connectivity index (χ4v) is 1.30. The van der Waals surface area contributed by atoms with Crippen molar-refractivity contribution in [1.82, 2.24) is 10.3 Å². The average molecular weight is 200 g/mol. The van der Waals surface area contributed by atoms with Crippen molar-refractivity contribution in [1.29, 1.82) is 0 Å². The average Bonchev–Trinajstić information content (AvgIpc) is 2.66. The molecular formula is C8H12N2O2S. The highest BCUT2D eigenvalue weighted by Gasteiger charge is 2.08. The summed E-state index contributed by atoms with van der Waals surface area (Å²) >= 11 is 1.37. The van der Waals surface area contributed by atoms with Crippen LogP contribution in [-0.4, -0.2) is 28.6 Å². The van der Waals surface area contributed by atoms with E-state index in [0.29, 0.717) is 12.1 Å². The monoisotopic (exact) mass is 200 g/mol. The lowest BCUT2D eigenvalue weighted by atomic mass is 10.3. The Morgan fingerprint density at radius 2 is 2.62 bits per heavy atom. The van der Waals surface area contributed by atoms with Gasteiger partial charge in [-0.05, 0) is 6.42 Å². The first-order valence-electron chi connectivity index (χ1n) is 4.08. The molecule has 0 saturated carbocycles. The van der Waals surface area contributed by atoms with Crippen LogP contribution in [0.25, 0.3) is 0 Å². The van der Waals surface area contributed by atoms with Crippen molar-refractivity contribution in [3.05, 3.63) is 16.6 Å². The van der Waals surface area contributed by atoms with Crippen LogP contribution in [0.5, 0.6) is 0 Å². The standard InChI is InChI=1S/C8H12N2O2S/c1-2-6(11)3-9-8(12)7-4-13-5-10-7/h4-6,11H,2-3H2,1H3,(H,9,12). The summed E-state index contributed by atoms with van der Waals surface area (Å²) in [4.78, 5) is 15.1. The quantitative estimate of drug-likeness (QED) is 0.750. The van der Waals surface area contributed by atoms with E-state index in [1.165, 1.54) is 11.3 Å². The highest BCUT2D eigenvalue weighted by Crippen LogP contribution is 2.00. The van der Waals surface area contributed by atoms with Crippen molar-refractivity contribution in [2.45, 2.75) is 19.4 Å². The van der Waals surface area contributed by atoms with Gasteiger partial charge in [0.2, 0.25) is 0 Å². The van der Waals surface area contributed by atoms with Crippen LogP contribution >= 0.6 is 11.3 Å². The molecule has 0 bridgehead atoms. The topological polar surface area (TPSA) is 62.2 Å². The maximum Gasteiger partial charge on any atom is 0.270 e. The smallest absolute Gasteiger partial charge is 0.270 e. The number of carbonyl (C=O) groups excluding carboxylic acids is 1. The van der Waals surface area contributed by atoms with Crippen molar-refractivity contribution in [3.63, 3.8) is 0 Å². The molecular weight excluding hydrogens is 188 g/mol. The molecule has 0 aromatic carbocycles. The summed E-state index contributed by atoms with van der Waals surface area (Å²) in [6.07, 6.45) is 0.166. The first-order valence-corrected chi connectivity index (χ1v) is 5.02. The second-order valence-electron chi connectivity index (χ2n) is 2.65. The molecule has 4 nitrogen and oxygen atoms in total. The van der Waals surface area contributed by atoms with Gasteiger partial charge in [0.15, 0.2) is 0 Å². The molecule has 1 aromatic rings. The van der Waals surface area contributed by atoms with Gasteiger partial charge in [0.1, 0.15) is 5.69 Å². The van der Waals surface area contributed by atoms with Crippen molar-refractivity contribution in [2.24, 2.45) is 0 Å². The normalized spacial score (nSPS) is 12.5. The number of thiazole rings is 1. The Morgan fingerprint density at radius 1 is 1.85 bits per heavy atom. The number of hydrogen-bond donors (Lipinski definition) is 2. The Balaban J connectivity index is 2.35. The number of hydrogen-bond acceptors (Lipinski definition) is 4. The Morgan fingerprint density at radius 3 is 3.15 bits per heavy atom. The first-order chi connectivity index (χ1) is 6.24. The van der Waals surface area contributed by atoms with Gasteiger partial charge >= 0.3 is 0 Å². The molecule has 0 spiro atoms. The molecule has 5 heteroatoms. The summed E-state index contributed by atoms with van der Waals surface area (Å²) in [5.74, 6) is -0.228. The van der Waals surface area contributed by atoms with Crippen LogP contribution in [0, 0.1) is 0 Å². The summed E-state index contributed by atoms with van der Waals surface area (Å²) in [6.45, 7) is 2.15. The van der Waals surface area contributed by atoms with E-state index in [4.69, 9.17) is 0 Å². The van der Waals surface area contributed by atoms with Gasteiger partial charge in [-0.1, -0.05) is 6.92 Å². The van der Waals surface area contributed by atoms with Crippen LogP contribution in [0.2, 0.25) is 0 Å². The van der Waals surface area contributed by atoms with E-state index in [-0.39, 0.29) is 12.5 Å². The minimum Gasteiger partial charge on any atom is -0.391 e. The van der Waals surface area contributed by atoms with Crippen LogP contribution in [0.15, 0.2) is 10.9 Å². The van der Waals surface area contributed by atoms with Crippen molar-refractivity contribution in [3.8, 4) is 0 Å². The summed E-state index contributed by atoms with van der Waals surface area (Å²) in [7, 11) is 0. The molecule has 1 unspecified atom stereocenters. The second kappa shape index (κ2) is 4.94. The van der Waals surface area contributed by atoms with Gasteiger partial charge in [0, 0.05) is 11.9 Å². The number of aromatic nitrogens is 1. The molecule has 0 saturated heterocycles.